The maximum atomic E-state index is 12.7. The number of nitrogens with zero attached hydrogens (tertiary/aromatic N) is 1. The van der Waals surface area contributed by atoms with Crippen molar-refractivity contribution in [2.75, 3.05) is 11.9 Å². The molecule has 138 valence electrons. The number of ether oxygens (including phenoxy) is 2. The van der Waals surface area contributed by atoms with Crippen molar-refractivity contribution in [3.8, 4) is 11.8 Å². The van der Waals surface area contributed by atoms with Gasteiger partial charge in [-0.1, -0.05) is 27.2 Å². The number of amides is 1. The van der Waals surface area contributed by atoms with E-state index in [2.05, 4.69) is 11.4 Å². The van der Waals surface area contributed by atoms with Gasteiger partial charge in [0.15, 0.2) is 0 Å². The van der Waals surface area contributed by atoms with Crippen LogP contribution in [-0.2, 0) is 9.53 Å². The molecule has 0 saturated heterocycles. The fourth-order valence-corrected chi connectivity index (χ4v) is 2.42. The first-order chi connectivity index (χ1) is 11.9. The molecule has 0 saturated carbocycles. The highest BCUT2D eigenvalue weighted by atomic mass is 16.5. The average Bonchev–Trinajstić information content (AvgIpc) is 2.61. The van der Waals surface area contributed by atoms with E-state index < -0.39 is 5.60 Å². The number of nitriles is 1. The van der Waals surface area contributed by atoms with Gasteiger partial charge in [-0.15, -0.1) is 0 Å². The molecule has 0 aliphatic rings. The second kappa shape index (κ2) is 10.0. The van der Waals surface area contributed by atoms with Gasteiger partial charge in [0.1, 0.15) is 17.4 Å². The molecule has 0 spiro atoms. The Morgan fingerprint density at radius 3 is 2.60 bits per heavy atom. The molecule has 2 atom stereocenters. The number of rotatable bonds is 10. The lowest BCUT2D eigenvalue weighted by Gasteiger charge is -2.28. The highest BCUT2D eigenvalue weighted by Gasteiger charge is 2.33. The number of anilines is 1. The van der Waals surface area contributed by atoms with Crippen molar-refractivity contribution < 1.29 is 14.3 Å². The van der Waals surface area contributed by atoms with Crippen LogP contribution < -0.4 is 10.1 Å². The Morgan fingerprint density at radius 2 is 2.04 bits per heavy atom. The summed E-state index contributed by atoms with van der Waals surface area (Å²) in [5.74, 6) is 0.400. The van der Waals surface area contributed by atoms with E-state index in [1.54, 1.807) is 25.1 Å². The second-order valence-corrected chi connectivity index (χ2v) is 6.44. The first kappa shape index (κ1) is 21.0. The van der Waals surface area contributed by atoms with Crippen LogP contribution in [0.5, 0.6) is 5.75 Å². The number of nitrogens with one attached hydrogen (secondary N) is 1. The predicted octanol–water partition coefficient (Wildman–Crippen LogP) is 4.66. The van der Waals surface area contributed by atoms with Crippen molar-refractivity contribution in [2.24, 2.45) is 0 Å². The fourth-order valence-electron chi connectivity index (χ4n) is 2.42. The van der Waals surface area contributed by atoms with E-state index >= 15 is 0 Å². The second-order valence-electron chi connectivity index (χ2n) is 6.44. The van der Waals surface area contributed by atoms with Gasteiger partial charge in [-0.2, -0.15) is 5.26 Å². The summed E-state index contributed by atoms with van der Waals surface area (Å²) >= 11 is 0. The number of benzene rings is 1. The van der Waals surface area contributed by atoms with Gasteiger partial charge in [-0.05, 0) is 45.2 Å². The van der Waals surface area contributed by atoms with Gasteiger partial charge < -0.3 is 14.8 Å². The molecule has 0 heterocycles. The monoisotopic (exact) mass is 346 g/mol. The van der Waals surface area contributed by atoms with Crippen LogP contribution in [0.3, 0.4) is 0 Å². The van der Waals surface area contributed by atoms with Crippen LogP contribution in [0.25, 0.3) is 0 Å². The largest absolute Gasteiger partial charge is 0.491 e. The van der Waals surface area contributed by atoms with E-state index in [1.165, 1.54) is 0 Å². The fraction of sp³-hybridized carbons (Fsp3) is 0.600. The minimum Gasteiger partial charge on any atom is -0.491 e. The summed E-state index contributed by atoms with van der Waals surface area (Å²) in [5, 5.41) is 12.3. The van der Waals surface area contributed by atoms with Crippen molar-refractivity contribution in [3.05, 3.63) is 23.8 Å². The van der Waals surface area contributed by atoms with Crippen LogP contribution >= 0.6 is 0 Å². The lowest BCUT2D eigenvalue weighted by molar-refractivity contribution is -0.140. The maximum Gasteiger partial charge on any atom is 0.256 e. The summed E-state index contributed by atoms with van der Waals surface area (Å²) in [6.45, 7) is 10.4. The number of carbonyl (C=O) groups excluding carboxylic acids is 1. The van der Waals surface area contributed by atoms with Gasteiger partial charge >= 0.3 is 0 Å². The molecule has 0 bridgehead atoms. The lowest BCUT2D eigenvalue weighted by Crippen LogP contribution is -2.43. The number of carbonyl (C=O) groups is 1. The highest BCUT2D eigenvalue weighted by molar-refractivity contribution is 5.98. The molecule has 1 rings (SSSR count). The van der Waals surface area contributed by atoms with Crippen molar-refractivity contribution in [3.63, 3.8) is 0 Å². The Bertz CT molecular complexity index is 609. The molecule has 0 radical (unpaired) electrons. The molecule has 1 aromatic carbocycles. The van der Waals surface area contributed by atoms with Crippen molar-refractivity contribution in [1.82, 2.24) is 0 Å². The molecule has 5 heteroatoms. The molecule has 25 heavy (non-hydrogen) atoms. The summed E-state index contributed by atoms with van der Waals surface area (Å²) in [6.07, 6.45) is 3.25. The van der Waals surface area contributed by atoms with E-state index in [0.29, 0.717) is 30.0 Å². The first-order valence-electron chi connectivity index (χ1n) is 9.06. The Kier molecular flexibility index (Phi) is 8.44. The van der Waals surface area contributed by atoms with Gasteiger partial charge in [-0.25, -0.2) is 0 Å². The molecule has 0 aliphatic carbocycles. The zero-order valence-electron chi connectivity index (χ0n) is 16.0. The molecule has 0 aromatic heterocycles. The standard InChI is InChI=1S/C20H30N2O3/c1-6-11-20(5,24-12-7-2)19(23)22-18-10-9-17(13-16(18)14-21)25-15(4)8-3/h9-10,13,15H,6-8,11-12H2,1-5H3,(H,22,23)/t15-,20-/m0/s1. The molecular formula is C20H30N2O3. The topological polar surface area (TPSA) is 71.3 Å². The van der Waals surface area contributed by atoms with Gasteiger partial charge in [0.05, 0.1) is 17.4 Å². The molecule has 0 aliphatic heterocycles. The molecule has 0 fully saturated rings. The van der Waals surface area contributed by atoms with Crippen molar-refractivity contribution in [2.45, 2.75) is 72.0 Å². The lowest BCUT2D eigenvalue weighted by atomic mass is 9.98. The van der Waals surface area contributed by atoms with Gasteiger partial charge in [0.2, 0.25) is 0 Å². The summed E-state index contributed by atoms with van der Waals surface area (Å²) < 4.78 is 11.5. The molecule has 0 unspecified atom stereocenters. The number of hydrogen-bond donors (Lipinski definition) is 1. The summed E-state index contributed by atoms with van der Waals surface area (Å²) in [4.78, 5) is 12.7. The Morgan fingerprint density at radius 1 is 1.32 bits per heavy atom. The maximum absolute atomic E-state index is 12.7. The third kappa shape index (κ3) is 6.06. The molecule has 1 N–H and O–H groups in total. The van der Waals surface area contributed by atoms with Crippen LogP contribution in [0.4, 0.5) is 5.69 Å². The first-order valence-corrected chi connectivity index (χ1v) is 9.06. The minimum absolute atomic E-state index is 0.0715. The van der Waals surface area contributed by atoms with Crippen LogP contribution in [0.2, 0.25) is 0 Å². The van der Waals surface area contributed by atoms with Crippen LogP contribution in [0.15, 0.2) is 18.2 Å². The molecule has 5 nitrogen and oxygen atoms in total. The van der Waals surface area contributed by atoms with Crippen molar-refractivity contribution in [1.29, 1.82) is 5.26 Å². The molecular weight excluding hydrogens is 316 g/mol. The normalized spacial score (nSPS) is 14.2. The smallest absolute Gasteiger partial charge is 0.256 e. The Balaban J connectivity index is 2.96. The average molecular weight is 346 g/mol. The van der Waals surface area contributed by atoms with E-state index in [0.717, 1.165) is 19.3 Å². The Labute approximate surface area is 151 Å². The van der Waals surface area contributed by atoms with Crippen LogP contribution in [0, 0.1) is 11.3 Å². The van der Waals surface area contributed by atoms with Gasteiger partial charge in [0.25, 0.3) is 5.91 Å². The summed E-state index contributed by atoms with van der Waals surface area (Å²) in [6, 6.07) is 7.26. The zero-order chi connectivity index (χ0) is 18.9. The SMILES string of the molecule is CCCO[C@@](C)(CCC)C(=O)Nc1ccc(O[C@@H](C)CC)cc1C#N. The predicted molar refractivity (Wildman–Crippen MR) is 99.7 cm³/mol. The summed E-state index contributed by atoms with van der Waals surface area (Å²) in [7, 11) is 0. The zero-order valence-corrected chi connectivity index (χ0v) is 16.0. The van der Waals surface area contributed by atoms with Crippen LogP contribution in [-0.4, -0.2) is 24.2 Å². The van der Waals surface area contributed by atoms with Gasteiger partial charge in [-0.3, -0.25) is 4.79 Å². The van der Waals surface area contributed by atoms with Crippen LogP contribution in [0.1, 0.15) is 65.9 Å². The van der Waals surface area contributed by atoms with Gasteiger partial charge in [0, 0.05) is 12.7 Å². The highest BCUT2D eigenvalue weighted by Crippen LogP contribution is 2.26. The van der Waals surface area contributed by atoms with Crippen molar-refractivity contribution >= 4 is 11.6 Å². The number of hydrogen-bond acceptors (Lipinski definition) is 4. The Hall–Kier alpha value is -2.06. The van der Waals surface area contributed by atoms with E-state index in [1.807, 2.05) is 27.7 Å². The third-order valence-corrected chi connectivity index (χ3v) is 4.10. The quantitative estimate of drug-likeness (QED) is 0.669. The third-order valence-electron chi connectivity index (χ3n) is 4.10. The summed E-state index contributed by atoms with van der Waals surface area (Å²) in [5.41, 5.74) is -0.0430. The minimum atomic E-state index is -0.899. The van der Waals surface area contributed by atoms with E-state index in [4.69, 9.17) is 9.47 Å². The van der Waals surface area contributed by atoms with E-state index in [-0.39, 0.29) is 12.0 Å². The van der Waals surface area contributed by atoms with E-state index in [9.17, 15) is 10.1 Å². The molecule has 1 amide bonds. The molecule has 1 aromatic rings.